The lowest BCUT2D eigenvalue weighted by Gasteiger charge is -2.45. The molecule has 3 N–H and O–H groups in total. The van der Waals surface area contributed by atoms with E-state index in [4.69, 9.17) is 9.47 Å². The highest BCUT2D eigenvalue weighted by Gasteiger charge is 2.41. The van der Waals surface area contributed by atoms with Gasteiger partial charge in [0.15, 0.2) is 0 Å². The number of nitrogens with zero attached hydrogens (tertiary/aromatic N) is 1. The summed E-state index contributed by atoms with van der Waals surface area (Å²) in [6.45, 7) is 4.85. The van der Waals surface area contributed by atoms with Crippen LogP contribution in [0.2, 0.25) is 0 Å². The van der Waals surface area contributed by atoms with E-state index in [1.54, 1.807) is 17.0 Å². The smallest absolute Gasteiger partial charge is 0.319 e. The first kappa shape index (κ1) is 20.6. The lowest BCUT2D eigenvalue weighted by molar-refractivity contribution is -0.168. The molecule has 0 aromatic heterocycles. The second-order valence-corrected chi connectivity index (χ2v) is 7.50. The monoisotopic (exact) mass is 391 g/mol. The Hall–Kier alpha value is -2.16. The van der Waals surface area contributed by atoms with E-state index >= 15 is 0 Å². The third-order valence-electron chi connectivity index (χ3n) is 5.07. The van der Waals surface area contributed by atoms with Gasteiger partial charge in [-0.2, -0.15) is 0 Å². The molecule has 2 fully saturated rings. The molecule has 2 aliphatic heterocycles. The van der Waals surface area contributed by atoms with Crippen LogP contribution in [0.25, 0.3) is 0 Å². The summed E-state index contributed by atoms with van der Waals surface area (Å²) in [7, 11) is 0. The van der Waals surface area contributed by atoms with Crippen molar-refractivity contribution < 1.29 is 24.2 Å². The average Bonchev–Trinajstić information content (AvgIpc) is 2.68. The zero-order valence-corrected chi connectivity index (χ0v) is 16.4. The fourth-order valence-electron chi connectivity index (χ4n) is 3.80. The number of carbonyl (C=O) groups excluding carboxylic acids is 2. The lowest BCUT2D eigenvalue weighted by Crippen LogP contribution is -2.57. The van der Waals surface area contributed by atoms with Crippen LogP contribution in [0.3, 0.4) is 0 Å². The van der Waals surface area contributed by atoms with Gasteiger partial charge in [0.05, 0.1) is 12.6 Å². The van der Waals surface area contributed by atoms with Gasteiger partial charge in [0.25, 0.3) is 0 Å². The number of anilines is 1. The van der Waals surface area contributed by atoms with Crippen LogP contribution in [0.1, 0.15) is 38.4 Å². The number of amides is 3. The number of aliphatic hydroxyl groups excluding tert-OH is 1. The van der Waals surface area contributed by atoms with Crippen molar-refractivity contribution in [1.82, 2.24) is 10.2 Å². The van der Waals surface area contributed by atoms with Gasteiger partial charge >= 0.3 is 6.03 Å². The first-order chi connectivity index (χ1) is 13.5. The second kappa shape index (κ2) is 9.36. The molecule has 0 bridgehead atoms. The SMILES string of the molecule is CC(C)NC(=O)Nc1ccc([C@H]2OCC(=O)N(C3CCOCC3)[C@@H]2CO)cc1. The minimum absolute atomic E-state index is 0.00464. The standard InChI is InChI=1S/C20H29N3O5/c1-13(2)21-20(26)22-15-5-3-14(4-6-15)19-17(11-24)23(18(25)12-28-19)16-7-9-27-10-8-16/h3-6,13,16-17,19,24H,7-12H2,1-2H3,(H2,21,22,26)/t17-,19-/m1/s1. The van der Waals surface area contributed by atoms with Gasteiger partial charge in [-0.3, -0.25) is 4.79 Å². The summed E-state index contributed by atoms with van der Waals surface area (Å²) in [6, 6.07) is 6.71. The van der Waals surface area contributed by atoms with Gasteiger partial charge in [0.2, 0.25) is 5.91 Å². The van der Waals surface area contributed by atoms with Crippen molar-refractivity contribution in [2.24, 2.45) is 0 Å². The van der Waals surface area contributed by atoms with Gasteiger partial charge in [0.1, 0.15) is 12.7 Å². The molecule has 0 unspecified atom stereocenters. The van der Waals surface area contributed by atoms with Gasteiger partial charge in [-0.25, -0.2) is 4.79 Å². The zero-order chi connectivity index (χ0) is 20.1. The molecule has 2 saturated heterocycles. The minimum atomic E-state index is -0.438. The fraction of sp³-hybridized carbons (Fsp3) is 0.600. The maximum atomic E-state index is 12.5. The lowest BCUT2D eigenvalue weighted by atomic mass is 9.95. The largest absolute Gasteiger partial charge is 0.394 e. The molecular weight excluding hydrogens is 362 g/mol. The summed E-state index contributed by atoms with van der Waals surface area (Å²) in [6.07, 6.45) is 1.12. The highest BCUT2D eigenvalue weighted by Crippen LogP contribution is 2.33. The van der Waals surface area contributed by atoms with Gasteiger partial charge < -0.3 is 30.1 Å². The van der Waals surface area contributed by atoms with Crippen LogP contribution < -0.4 is 10.6 Å². The number of hydrogen-bond donors (Lipinski definition) is 3. The number of ether oxygens (including phenoxy) is 2. The van der Waals surface area contributed by atoms with E-state index in [0.717, 1.165) is 18.4 Å². The highest BCUT2D eigenvalue weighted by atomic mass is 16.5. The molecule has 8 heteroatoms. The maximum Gasteiger partial charge on any atom is 0.319 e. The van der Waals surface area contributed by atoms with Crippen LogP contribution in [0.4, 0.5) is 10.5 Å². The number of rotatable bonds is 5. The number of benzene rings is 1. The van der Waals surface area contributed by atoms with Crippen LogP contribution in [-0.4, -0.2) is 66.5 Å². The molecule has 2 atom stereocenters. The van der Waals surface area contributed by atoms with Crippen LogP contribution >= 0.6 is 0 Å². The van der Waals surface area contributed by atoms with E-state index < -0.39 is 12.1 Å². The molecule has 0 saturated carbocycles. The molecule has 3 amide bonds. The van der Waals surface area contributed by atoms with Crippen molar-refractivity contribution in [3.8, 4) is 0 Å². The Balaban J connectivity index is 1.72. The summed E-state index contributed by atoms with van der Waals surface area (Å²) >= 11 is 0. The number of hydrogen-bond acceptors (Lipinski definition) is 5. The number of carbonyl (C=O) groups is 2. The van der Waals surface area contributed by atoms with Crippen LogP contribution in [0.15, 0.2) is 24.3 Å². The molecule has 0 spiro atoms. The van der Waals surface area contributed by atoms with Crippen molar-refractivity contribution in [3.05, 3.63) is 29.8 Å². The molecular formula is C20H29N3O5. The van der Waals surface area contributed by atoms with Crippen LogP contribution in [0.5, 0.6) is 0 Å². The number of morpholine rings is 1. The molecule has 0 radical (unpaired) electrons. The molecule has 1 aromatic rings. The van der Waals surface area contributed by atoms with Crippen molar-refractivity contribution in [3.63, 3.8) is 0 Å². The second-order valence-electron chi connectivity index (χ2n) is 7.50. The Labute approximate surface area is 165 Å². The molecule has 28 heavy (non-hydrogen) atoms. The van der Waals surface area contributed by atoms with Crippen molar-refractivity contribution >= 4 is 17.6 Å². The zero-order valence-electron chi connectivity index (χ0n) is 16.4. The first-order valence-corrected chi connectivity index (χ1v) is 9.78. The van der Waals surface area contributed by atoms with Crippen molar-refractivity contribution in [1.29, 1.82) is 0 Å². The van der Waals surface area contributed by atoms with E-state index in [1.165, 1.54) is 0 Å². The quantitative estimate of drug-likeness (QED) is 0.709. The van der Waals surface area contributed by atoms with E-state index in [1.807, 2.05) is 26.0 Å². The third kappa shape index (κ3) is 4.81. The number of aliphatic hydroxyl groups is 1. The molecule has 0 aliphatic carbocycles. The molecule has 154 valence electrons. The minimum Gasteiger partial charge on any atom is -0.394 e. The summed E-state index contributed by atoms with van der Waals surface area (Å²) in [4.78, 5) is 26.1. The fourth-order valence-corrected chi connectivity index (χ4v) is 3.80. The van der Waals surface area contributed by atoms with Gasteiger partial charge in [-0.1, -0.05) is 12.1 Å². The predicted molar refractivity (Wildman–Crippen MR) is 104 cm³/mol. The van der Waals surface area contributed by atoms with Crippen molar-refractivity contribution in [2.75, 3.05) is 31.7 Å². The van der Waals surface area contributed by atoms with Crippen molar-refractivity contribution in [2.45, 2.75) is 50.9 Å². The Bertz CT molecular complexity index is 673. The van der Waals surface area contributed by atoms with E-state index in [9.17, 15) is 14.7 Å². The normalized spacial score (nSPS) is 23.7. The Morgan fingerprint density at radius 3 is 2.54 bits per heavy atom. The van der Waals surface area contributed by atoms with Gasteiger partial charge in [0, 0.05) is 31.0 Å². The Morgan fingerprint density at radius 2 is 1.93 bits per heavy atom. The van der Waals surface area contributed by atoms with Gasteiger partial charge in [-0.15, -0.1) is 0 Å². The van der Waals surface area contributed by atoms with Gasteiger partial charge in [-0.05, 0) is 44.4 Å². The molecule has 3 rings (SSSR count). The Kier molecular flexibility index (Phi) is 6.88. The molecule has 1 aromatic carbocycles. The maximum absolute atomic E-state index is 12.5. The topological polar surface area (TPSA) is 100 Å². The van der Waals surface area contributed by atoms with Crippen LogP contribution in [-0.2, 0) is 14.3 Å². The first-order valence-electron chi connectivity index (χ1n) is 9.78. The highest BCUT2D eigenvalue weighted by molar-refractivity contribution is 5.89. The molecule has 2 heterocycles. The van der Waals surface area contributed by atoms with E-state index in [0.29, 0.717) is 18.9 Å². The number of urea groups is 1. The molecule has 2 aliphatic rings. The van der Waals surface area contributed by atoms with E-state index in [-0.39, 0.29) is 37.2 Å². The van der Waals surface area contributed by atoms with Crippen LogP contribution in [0, 0.1) is 0 Å². The van der Waals surface area contributed by atoms with E-state index in [2.05, 4.69) is 10.6 Å². The summed E-state index contributed by atoms with van der Waals surface area (Å²) in [5, 5.41) is 15.6. The summed E-state index contributed by atoms with van der Waals surface area (Å²) in [5.41, 5.74) is 1.52. The third-order valence-corrected chi connectivity index (χ3v) is 5.07. The average molecular weight is 391 g/mol. The molecule has 8 nitrogen and oxygen atoms in total. The summed E-state index contributed by atoms with van der Waals surface area (Å²) in [5.74, 6) is -0.0918. The Morgan fingerprint density at radius 1 is 1.25 bits per heavy atom. The summed E-state index contributed by atoms with van der Waals surface area (Å²) < 4.78 is 11.2. The number of nitrogens with one attached hydrogen (secondary N) is 2. The predicted octanol–water partition coefficient (Wildman–Crippen LogP) is 1.66.